The monoisotopic (exact) mass is 224 g/mol. The Labute approximate surface area is 96.2 Å². The summed E-state index contributed by atoms with van der Waals surface area (Å²) in [4.78, 5) is 13.7. The quantitative estimate of drug-likeness (QED) is 0.766. The van der Waals surface area contributed by atoms with Crippen LogP contribution < -0.4 is 5.73 Å². The summed E-state index contributed by atoms with van der Waals surface area (Å²) >= 11 is 0. The van der Waals surface area contributed by atoms with Crippen LogP contribution in [0.15, 0.2) is 6.20 Å². The number of aromatic nitrogens is 2. The van der Waals surface area contributed by atoms with Gasteiger partial charge in [-0.3, -0.25) is 9.48 Å². The van der Waals surface area contributed by atoms with Gasteiger partial charge in [0.1, 0.15) is 5.69 Å². The number of amides is 1. The lowest BCUT2D eigenvalue weighted by Crippen LogP contribution is -2.30. The van der Waals surface area contributed by atoms with E-state index in [2.05, 4.69) is 12.0 Å². The topological polar surface area (TPSA) is 64.2 Å². The van der Waals surface area contributed by atoms with Crippen LogP contribution in [-0.2, 0) is 7.05 Å². The second kappa shape index (κ2) is 5.53. The van der Waals surface area contributed by atoms with Crippen molar-refractivity contribution in [2.45, 2.75) is 26.2 Å². The number of carbonyl (C=O) groups is 1. The Bertz CT molecular complexity index is 339. The van der Waals surface area contributed by atoms with Gasteiger partial charge in [-0.15, -0.1) is 0 Å². The highest BCUT2D eigenvalue weighted by atomic mass is 16.2. The van der Waals surface area contributed by atoms with Crippen LogP contribution in [0.5, 0.6) is 0 Å². The second-order valence-electron chi connectivity index (χ2n) is 4.01. The second-order valence-corrected chi connectivity index (χ2v) is 4.01. The maximum absolute atomic E-state index is 12.0. The van der Waals surface area contributed by atoms with Gasteiger partial charge >= 0.3 is 0 Å². The van der Waals surface area contributed by atoms with Crippen molar-refractivity contribution in [3.8, 4) is 0 Å². The average molecular weight is 224 g/mol. The molecule has 0 saturated carbocycles. The summed E-state index contributed by atoms with van der Waals surface area (Å²) < 4.78 is 1.52. The molecule has 16 heavy (non-hydrogen) atoms. The third-order valence-corrected chi connectivity index (χ3v) is 2.61. The van der Waals surface area contributed by atoms with Crippen molar-refractivity contribution in [3.63, 3.8) is 0 Å². The molecule has 1 amide bonds. The van der Waals surface area contributed by atoms with Crippen LogP contribution >= 0.6 is 0 Å². The molecule has 0 radical (unpaired) electrons. The fraction of sp³-hybridized carbons (Fsp3) is 0.636. The summed E-state index contributed by atoms with van der Waals surface area (Å²) in [5.74, 6) is -0.0615. The van der Waals surface area contributed by atoms with E-state index in [1.54, 1.807) is 19.0 Å². The molecule has 0 saturated heterocycles. The van der Waals surface area contributed by atoms with Gasteiger partial charge in [0.05, 0.1) is 11.9 Å². The van der Waals surface area contributed by atoms with E-state index >= 15 is 0 Å². The van der Waals surface area contributed by atoms with Crippen LogP contribution in [0.25, 0.3) is 0 Å². The lowest BCUT2D eigenvalue weighted by Gasteiger charge is -2.17. The van der Waals surface area contributed by atoms with Crippen molar-refractivity contribution < 1.29 is 4.79 Å². The third-order valence-electron chi connectivity index (χ3n) is 2.61. The zero-order valence-corrected chi connectivity index (χ0v) is 10.2. The first-order valence-electron chi connectivity index (χ1n) is 5.60. The van der Waals surface area contributed by atoms with E-state index in [0.717, 1.165) is 25.8 Å². The molecule has 0 aromatic carbocycles. The van der Waals surface area contributed by atoms with Crippen LogP contribution in [0.4, 0.5) is 5.69 Å². The van der Waals surface area contributed by atoms with Gasteiger partial charge in [0.25, 0.3) is 5.91 Å². The molecule has 5 nitrogen and oxygen atoms in total. The molecule has 1 aromatic heterocycles. The molecule has 90 valence electrons. The van der Waals surface area contributed by atoms with Crippen molar-refractivity contribution in [2.75, 3.05) is 19.3 Å². The summed E-state index contributed by atoms with van der Waals surface area (Å²) in [6, 6.07) is 0. The number of nitrogens with two attached hydrogens (primary N) is 1. The highest BCUT2D eigenvalue weighted by Gasteiger charge is 2.18. The Balaban J connectivity index is 2.63. The number of hydrogen-bond donors (Lipinski definition) is 1. The predicted octanol–water partition coefficient (Wildman–Crippen LogP) is 1.26. The smallest absolute Gasteiger partial charge is 0.274 e. The first-order chi connectivity index (χ1) is 7.57. The minimum atomic E-state index is -0.0615. The lowest BCUT2D eigenvalue weighted by molar-refractivity contribution is 0.0783. The summed E-state index contributed by atoms with van der Waals surface area (Å²) in [5, 5.41) is 3.96. The molecular formula is C11H20N4O. The molecule has 0 aliphatic heterocycles. The number of rotatable bonds is 5. The summed E-state index contributed by atoms with van der Waals surface area (Å²) in [7, 11) is 3.52. The van der Waals surface area contributed by atoms with Gasteiger partial charge in [-0.25, -0.2) is 0 Å². The Kier molecular flexibility index (Phi) is 4.34. The van der Waals surface area contributed by atoms with Crippen LogP contribution in [-0.4, -0.2) is 34.2 Å². The molecular weight excluding hydrogens is 204 g/mol. The maximum Gasteiger partial charge on any atom is 0.274 e. The van der Waals surface area contributed by atoms with Crippen molar-refractivity contribution in [3.05, 3.63) is 11.9 Å². The minimum Gasteiger partial charge on any atom is -0.396 e. The van der Waals surface area contributed by atoms with E-state index < -0.39 is 0 Å². The Hall–Kier alpha value is -1.52. The van der Waals surface area contributed by atoms with Gasteiger partial charge in [-0.1, -0.05) is 19.8 Å². The average Bonchev–Trinajstić information content (AvgIpc) is 2.58. The fourth-order valence-corrected chi connectivity index (χ4v) is 1.60. The van der Waals surface area contributed by atoms with Gasteiger partial charge in [-0.2, -0.15) is 5.10 Å². The Morgan fingerprint density at radius 2 is 2.25 bits per heavy atom. The maximum atomic E-state index is 12.0. The standard InChI is InChI=1S/C11H20N4O/c1-4-5-6-7-14(2)11(16)10-9(12)8-13-15(10)3/h8H,4-7,12H2,1-3H3. The fourth-order valence-electron chi connectivity index (χ4n) is 1.60. The molecule has 1 heterocycles. The third kappa shape index (κ3) is 2.74. The van der Waals surface area contributed by atoms with E-state index in [1.165, 1.54) is 10.9 Å². The first-order valence-corrected chi connectivity index (χ1v) is 5.60. The Morgan fingerprint density at radius 3 is 2.75 bits per heavy atom. The number of unbranched alkanes of at least 4 members (excludes halogenated alkanes) is 2. The minimum absolute atomic E-state index is 0.0615. The summed E-state index contributed by atoms with van der Waals surface area (Å²) in [6.07, 6.45) is 4.82. The van der Waals surface area contributed by atoms with Gasteiger partial charge in [0, 0.05) is 20.6 Å². The molecule has 2 N–H and O–H groups in total. The van der Waals surface area contributed by atoms with Gasteiger partial charge in [-0.05, 0) is 6.42 Å². The van der Waals surface area contributed by atoms with Crippen molar-refractivity contribution >= 4 is 11.6 Å². The normalized spacial score (nSPS) is 10.4. The summed E-state index contributed by atoms with van der Waals surface area (Å²) in [6.45, 7) is 2.90. The highest BCUT2D eigenvalue weighted by Crippen LogP contribution is 2.12. The number of anilines is 1. The van der Waals surface area contributed by atoms with Crippen LogP contribution in [0, 0.1) is 0 Å². The first kappa shape index (κ1) is 12.5. The van der Waals surface area contributed by atoms with Crippen molar-refractivity contribution in [1.82, 2.24) is 14.7 Å². The largest absolute Gasteiger partial charge is 0.396 e. The molecule has 0 aliphatic rings. The van der Waals surface area contributed by atoms with Crippen LogP contribution in [0.3, 0.4) is 0 Å². The molecule has 0 aliphatic carbocycles. The molecule has 0 fully saturated rings. The van der Waals surface area contributed by atoms with Gasteiger partial charge in [0.15, 0.2) is 0 Å². The van der Waals surface area contributed by atoms with E-state index in [-0.39, 0.29) is 5.91 Å². The van der Waals surface area contributed by atoms with E-state index in [0.29, 0.717) is 11.4 Å². The number of nitrogen functional groups attached to an aromatic ring is 1. The molecule has 0 spiro atoms. The molecule has 0 bridgehead atoms. The molecule has 0 atom stereocenters. The van der Waals surface area contributed by atoms with E-state index in [1.807, 2.05) is 0 Å². The van der Waals surface area contributed by atoms with E-state index in [9.17, 15) is 4.79 Å². The number of nitrogens with zero attached hydrogens (tertiary/aromatic N) is 3. The number of hydrogen-bond acceptors (Lipinski definition) is 3. The molecule has 5 heteroatoms. The zero-order valence-electron chi connectivity index (χ0n) is 10.2. The Morgan fingerprint density at radius 1 is 1.56 bits per heavy atom. The predicted molar refractivity (Wildman–Crippen MR) is 64.1 cm³/mol. The molecule has 1 aromatic rings. The van der Waals surface area contributed by atoms with Gasteiger partial charge in [0.2, 0.25) is 0 Å². The highest BCUT2D eigenvalue weighted by molar-refractivity contribution is 5.97. The molecule has 1 rings (SSSR count). The van der Waals surface area contributed by atoms with Crippen molar-refractivity contribution in [2.24, 2.45) is 7.05 Å². The number of carbonyl (C=O) groups excluding carboxylic acids is 1. The van der Waals surface area contributed by atoms with Crippen LogP contribution in [0.2, 0.25) is 0 Å². The number of aryl methyl sites for hydroxylation is 1. The molecule has 0 unspecified atom stereocenters. The zero-order chi connectivity index (χ0) is 12.1. The summed E-state index contributed by atoms with van der Waals surface area (Å²) in [5.41, 5.74) is 6.62. The van der Waals surface area contributed by atoms with Gasteiger partial charge < -0.3 is 10.6 Å². The lowest BCUT2D eigenvalue weighted by atomic mass is 10.2. The SMILES string of the molecule is CCCCCN(C)C(=O)c1c(N)cnn1C. The van der Waals surface area contributed by atoms with Crippen LogP contribution in [0.1, 0.15) is 36.7 Å². The van der Waals surface area contributed by atoms with Crippen molar-refractivity contribution in [1.29, 1.82) is 0 Å². The van der Waals surface area contributed by atoms with E-state index in [4.69, 9.17) is 5.73 Å².